The third kappa shape index (κ3) is 3.70. The Morgan fingerprint density at radius 3 is 2.92 bits per heavy atom. The van der Waals surface area contributed by atoms with Crippen LogP contribution in [0.15, 0.2) is 36.7 Å². The standard InChI is InChI=1S/C16H17FN4O3/c1-23-14-8-18-9-15(20-14)24-11-6-7-21(10-11)16(22)19-13-5-3-2-4-12(13)17/h2-5,8-9,11H,6-7,10H2,1H3,(H,19,22). The second-order valence-corrected chi connectivity index (χ2v) is 5.28. The Morgan fingerprint density at radius 1 is 1.33 bits per heavy atom. The molecular weight excluding hydrogens is 315 g/mol. The van der Waals surface area contributed by atoms with Crippen molar-refractivity contribution in [3.05, 3.63) is 42.5 Å². The molecule has 1 aliphatic rings. The van der Waals surface area contributed by atoms with Gasteiger partial charge in [-0.2, -0.15) is 4.98 Å². The predicted molar refractivity (Wildman–Crippen MR) is 84.6 cm³/mol. The van der Waals surface area contributed by atoms with Crippen LogP contribution >= 0.6 is 0 Å². The van der Waals surface area contributed by atoms with Crippen molar-refractivity contribution in [2.75, 3.05) is 25.5 Å². The number of halogens is 1. The van der Waals surface area contributed by atoms with E-state index in [2.05, 4.69) is 15.3 Å². The molecule has 1 aromatic heterocycles. The van der Waals surface area contributed by atoms with Crippen LogP contribution in [-0.4, -0.2) is 47.2 Å². The molecule has 1 N–H and O–H groups in total. The average molecular weight is 332 g/mol. The van der Waals surface area contributed by atoms with Gasteiger partial charge >= 0.3 is 6.03 Å². The minimum absolute atomic E-state index is 0.158. The van der Waals surface area contributed by atoms with Gasteiger partial charge in [0.2, 0.25) is 11.8 Å². The lowest BCUT2D eigenvalue weighted by molar-refractivity contribution is 0.188. The molecule has 0 aliphatic carbocycles. The molecule has 1 atom stereocenters. The molecule has 1 fully saturated rings. The number of benzene rings is 1. The number of aromatic nitrogens is 2. The van der Waals surface area contributed by atoms with E-state index in [1.54, 1.807) is 17.0 Å². The average Bonchev–Trinajstić information content (AvgIpc) is 3.06. The van der Waals surface area contributed by atoms with Gasteiger partial charge in [0, 0.05) is 13.0 Å². The van der Waals surface area contributed by atoms with Crippen LogP contribution in [0.4, 0.5) is 14.9 Å². The number of hydrogen-bond acceptors (Lipinski definition) is 5. The van der Waals surface area contributed by atoms with Crippen molar-refractivity contribution in [2.24, 2.45) is 0 Å². The fraction of sp³-hybridized carbons (Fsp3) is 0.312. The summed E-state index contributed by atoms with van der Waals surface area (Å²) in [5, 5.41) is 2.56. The largest absolute Gasteiger partial charge is 0.480 e. The number of anilines is 1. The zero-order valence-electron chi connectivity index (χ0n) is 13.1. The van der Waals surface area contributed by atoms with Crippen LogP contribution in [0.2, 0.25) is 0 Å². The minimum atomic E-state index is -0.468. The molecule has 126 valence electrons. The zero-order valence-corrected chi connectivity index (χ0v) is 13.1. The Labute approximate surface area is 138 Å². The van der Waals surface area contributed by atoms with Crippen molar-refractivity contribution in [1.29, 1.82) is 0 Å². The minimum Gasteiger partial charge on any atom is -0.480 e. The molecule has 2 heterocycles. The summed E-state index contributed by atoms with van der Waals surface area (Å²) in [5.41, 5.74) is 0.158. The highest BCUT2D eigenvalue weighted by Gasteiger charge is 2.28. The SMILES string of the molecule is COc1cncc(OC2CCN(C(=O)Nc3ccccc3F)C2)n1. The highest BCUT2D eigenvalue weighted by Crippen LogP contribution is 2.19. The van der Waals surface area contributed by atoms with Crippen LogP contribution in [0, 0.1) is 5.82 Å². The summed E-state index contributed by atoms with van der Waals surface area (Å²) in [6.07, 6.45) is 3.43. The molecule has 1 aliphatic heterocycles. The van der Waals surface area contributed by atoms with Gasteiger partial charge in [0.1, 0.15) is 11.9 Å². The lowest BCUT2D eigenvalue weighted by Gasteiger charge is -2.18. The van der Waals surface area contributed by atoms with Crippen molar-refractivity contribution in [1.82, 2.24) is 14.9 Å². The molecule has 7 nitrogen and oxygen atoms in total. The third-order valence-electron chi connectivity index (χ3n) is 3.63. The summed E-state index contributed by atoms with van der Waals surface area (Å²) in [5.74, 6) is 0.236. The second-order valence-electron chi connectivity index (χ2n) is 5.28. The lowest BCUT2D eigenvalue weighted by Crippen LogP contribution is -2.34. The number of para-hydroxylation sites is 1. The number of carbonyl (C=O) groups is 1. The third-order valence-corrected chi connectivity index (χ3v) is 3.63. The van der Waals surface area contributed by atoms with E-state index in [-0.39, 0.29) is 17.8 Å². The number of urea groups is 1. The van der Waals surface area contributed by atoms with Gasteiger partial charge < -0.3 is 19.7 Å². The monoisotopic (exact) mass is 332 g/mol. The van der Waals surface area contributed by atoms with E-state index >= 15 is 0 Å². The molecule has 2 aromatic rings. The van der Waals surface area contributed by atoms with Gasteiger partial charge in [-0.05, 0) is 12.1 Å². The van der Waals surface area contributed by atoms with Crippen LogP contribution in [-0.2, 0) is 0 Å². The fourth-order valence-electron chi connectivity index (χ4n) is 2.42. The summed E-state index contributed by atoms with van der Waals surface area (Å²) in [7, 11) is 1.50. The van der Waals surface area contributed by atoms with E-state index in [4.69, 9.17) is 9.47 Å². The first-order valence-electron chi connectivity index (χ1n) is 7.49. The number of ether oxygens (including phenoxy) is 2. The maximum atomic E-state index is 13.6. The van der Waals surface area contributed by atoms with Crippen LogP contribution < -0.4 is 14.8 Å². The van der Waals surface area contributed by atoms with E-state index in [0.717, 1.165) is 0 Å². The molecule has 0 saturated carbocycles. The van der Waals surface area contributed by atoms with Crippen molar-refractivity contribution < 1.29 is 18.7 Å². The van der Waals surface area contributed by atoms with Crippen LogP contribution in [0.25, 0.3) is 0 Å². The molecule has 1 saturated heterocycles. The summed E-state index contributed by atoms with van der Waals surface area (Å²) < 4.78 is 24.3. The normalized spacial score (nSPS) is 16.8. The number of nitrogens with one attached hydrogen (secondary N) is 1. The van der Waals surface area contributed by atoms with Crippen molar-refractivity contribution in [2.45, 2.75) is 12.5 Å². The molecule has 8 heteroatoms. The van der Waals surface area contributed by atoms with Gasteiger partial charge in [0.15, 0.2) is 0 Å². The zero-order chi connectivity index (χ0) is 16.9. The smallest absolute Gasteiger partial charge is 0.322 e. The van der Waals surface area contributed by atoms with Gasteiger partial charge in [-0.25, -0.2) is 9.18 Å². The molecule has 1 aromatic carbocycles. The fourth-order valence-corrected chi connectivity index (χ4v) is 2.42. The van der Waals surface area contributed by atoms with E-state index in [9.17, 15) is 9.18 Å². The number of amides is 2. The Balaban J connectivity index is 1.56. The highest BCUT2D eigenvalue weighted by molar-refractivity contribution is 5.89. The molecule has 0 radical (unpaired) electrons. The maximum absolute atomic E-state index is 13.6. The number of rotatable bonds is 4. The Morgan fingerprint density at radius 2 is 2.12 bits per heavy atom. The Bertz CT molecular complexity index is 728. The molecule has 24 heavy (non-hydrogen) atoms. The molecule has 0 spiro atoms. The van der Waals surface area contributed by atoms with Gasteiger partial charge in [0.05, 0.1) is 31.7 Å². The number of hydrogen-bond donors (Lipinski definition) is 1. The van der Waals surface area contributed by atoms with E-state index < -0.39 is 5.82 Å². The van der Waals surface area contributed by atoms with Crippen molar-refractivity contribution in [3.63, 3.8) is 0 Å². The number of likely N-dealkylation sites (tertiary alicyclic amines) is 1. The number of nitrogens with zero attached hydrogens (tertiary/aromatic N) is 3. The molecule has 0 bridgehead atoms. The summed E-state index contributed by atoms with van der Waals surface area (Å²) >= 11 is 0. The number of methoxy groups -OCH3 is 1. The maximum Gasteiger partial charge on any atom is 0.322 e. The Hall–Kier alpha value is -2.90. The highest BCUT2D eigenvalue weighted by atomic mass is 19.1. The molecule has 3 rings (SSSR count). The van der Waals surface area contributed by atoms with Crippen molar-refractivity contribution >= 4 is 11.7 Å². The van der Waals surface area contributed by atoms with Crippen LogP contribution in [0.3, 0.4) is 0 Å². The van der Waals surface area contributed by atoms with Gasteiger partial charge in [-0.3, -0.25) is 4.98 Å². The summed E-state index contributed by atoms with van der Waals surface area (Å²) in [4.78, 5) is 21.9. The van der Waals surface area contributed by atoms with E-state index in [1.165, 1.54) is 31.6 Å². The molecule has 1 unspecified atom stereocenters. The molecule has 2 amide bonds. The predicted octanol–water partition coefficient (Wildman–Crippen LogP) is 2.31. The van der Waals surface area contributed by atoms with E-state index in [1.807, 2.05) is 0 Å². The van der Waals surface area contributed by atoms with Crippen LogP contribution in [0.5, 0.6) is 11.8 Å². The lowest BCUT2D eigenvalue weighted by atomic mass is 10.3. The van der Waals surface area contributed by atoms with Crippen LogP contribution in [0.1, 0.15) is 6.42 Å². The van der Waals surface area contributed by atoms with E-state index in [0.29, 0.717) is 31.3 Å². The summed E-state index contributed by atoms with van der Waals surface area (Å²) in [6.45, 7) is 0.904. The Kier molecular flexibility index (Phi) is 4.74. The van der Waals surface area contributed by atoms with Crippen molar-refractivity contribution in [3.8, 4) is 11.8 Å². The topological polar surface area (TPSA) is 76.6 Å². The number of carbonyl (C=O) groups excluding carboxylic acids is 1. The first kappa shape index (κ1) is 16.0. The first-order valence-corrected chi connectivity index (χ1v) is 7.49. The van der Waals surface area contributed by atoms with Gasteiger partial charge in [-0.15, -0.1) is 0 Å². The second kappa shape index (κ2) is 7.12. The first-order chi connectivity index (χ1) is 11.7. The molecular formula is C16H17FN4O3. The quantitative estimate of drug-likeness (QED) is 0.930. The van der Waals surface area contributed by atoms with Gasteiger partial charge in [0.25, 0.3) is 0 Å². The summed E-state index contributed by atoms with van der Waals surface area (Å²) in [6, 6.07) is 5.69. The van der Waals surface area contributed by atoms with Gasteiger partial charge in [-0.1, -0.05) is 12.1 Å².